The Labute approximate surface area is 152 Å². The van der Waals surface area contributed by atoms with Crippen molar-refractivity contribution >= 4 is 12.0 Å². The van der Waals surface area contributed by atoms with Crippen LogP contribution in [0.15, 0.2) is 41.2 Å². The topological polar surface area (TPSA) is 87.3 Å². The van der Waals surface area contributed by atoms with E-state index < -0.39 is 11.7 Å². The molecule has 1 aromatic carbocycles. The molecule has 1 amide bonds. The highest BCUT2D eigenvalue weighted by molar-refractivity contribution is 5.68. The van der Waals surface area contributed by atoms with Crippen molar-refractivity contribution in [2.24, 2.45) is 0 Å². The maximum absolute atomic E-state index is 12.0. The third-order valence-electron chi connectivity index (χ3n) is 4.01. The van der Waals surface area contributed by atoms with Gasteiger partial charge in [-0.1, -0.05) is 30.3 Å². The third-order valence-corrected chi connectivity index (χ3v) is 4.01. The lowest BCUT2D eigenvalue weighted by atomic mass is 10.1. The molecule has 0 bridgehead atoms. The zero-order valence-electron chi connectivity index (χ0n) is 15.3. The minimum absolute atomic E-state index is 0.0458. The van der Waals surface area contributed by atoms with Crippen molar-refractivity contribution in [1.29, 1.82) is 0 Å². The molecule has 0 aliphatic carbocycles. The number of aromatic amines is 1. The van der Waals surface area contributed by atoms with Crippen LogP contribution in [-0.4, -0.2) is 40.8 Å². The summed E-state index contributed by atoms with van der Waals surface area (Å²) >= 11 is 0. The zero-order chi connectivity index (χ0) is 18.7. The number of hydrogen-bond acceptors (Lipinski definition) is 5. The molecule has 0 saturated carbocycles. The second-order valence-corrected chi connectivity index (χ2v) is 7.40. The second-order valence-electron chi connectivity index (χ2n) is 7.40. The van der Waals surface area contributed by atoms with Gasteiger partial charge < -0.3 is 15.0 Å². The lowest BCUT2D eigenvalue weighted by Crippen LogP contribution is -2.40. The Balaban J connectivity index is 1.70. The van der Waals surface area contributed by atoms with Crippen LogP contribution >= 0.6 is 0 Å². The zero-order valence-corrected chi connectivity index (χ0v) is 15.3. The number of aromatic nitrogens is 2. The van der Waals surface area contributed by atoms with Crippen LogP contribution < -0.4 is 15.8 Å². The highest BCUT2D eigenvalue weighted by Gasteiger charge is 2.27. The number of anilines is 1. The molecular weight excluding hydrogens is 332 g/mol. The van der Waals surface area contributed by atoms with E-state index in [1.54, 1.807) is 0 Å². The molecule has 0 radical (unpaired) electrons. The SMILES string of the molecule is CC(C)(C)OC(=O)N[C@H]1CCN(c2nc(-c3ccccc3)cc(=O)[nH]2)C1. The molecule has 1 aliphatic heterocycles. The first-order valence-corrected chi connectivity index (χ1v) is 8.71. The molecule has 1 aromatic heterocycles. The Bertz CT molecular complexity index is 827. The van der Waals surface area contributed by atoms with Gasteiger partial charge in [-0.3, -0.25) is 9.78 Å². The summed E-state index contributed by atoms with van der Waals surface area (Å²) in [6.45, 7) is 6.76. The number of alkyl carbamates (subject to hydrolysis) is 1. The van der Waals surface area contributed by atoms with Crippen molar-refractivity contribution in [3.63, 3.8) is 0 Å². The Morgan fingerprint density at radius 3 is 2.73 bits per heavy atom. The number of amides is 1. The predicted molar refractivity (Wildman–Crippen MR) is 100 cm³/mol. The molecule has 1 atom stereocenters. The van der Waals surface area contributed by atoms with Gasteiger partial charge in [-0.15, -0.1) is 0 Å². The number of carbonyl (C=O) groups is 1. The van der Waals surface area contributed by atoms with Crippen LogP contribution in [0.25, 0.3) is 11.3 Å². The highest BCUT2D eigenvalue weighted by atomic mass is 16.6. The summed E-state index contributed by atoms with van der Waals surface area (Å²) in [6, 6.07) is 11.0. The summed E-state index contributed by atoms with van der Waals surface area (Å²) in [6.07, 6.45) is 0.335. The van der Waals surface area contributed by atoms with Crippen LogP contribution in [0.5, 0.6) is 0 Å². The largest absolute Gasteiger partial charge is 0.444 e. The van der Waals surface area contributed by atoms with Gasteiger partial charge in [-0.2, -0.15) is 0 Å². The first kappa shape index (κ1) is 18.0. The number of rotatable bonds is 3. The average molecular weight is 356 g/mol. The van der Waals surface area contributed by atoms with Crippen molar-refractivity contribution in [2.45, 2.75) is 38.8 Å². The second kappa shape index (κ2) is 7.19. The lowest BCUT2D eigenvalue weighted by molar-refractivity contribution is 0.0509. The lowest BCUT2D eigenvalue weighted by Gasteiger charge is -2.22. The Morgan fingerprint density at radius 1 is 1.31 bits per heavy atom. The van der Waals surface area contributed by atoms with E-state index in [-0.39, 0.29) is 11.6 Å². The smallest absolute Gasteiger partial charge is 0.407 e. The van der Waals surface area contributed by atoms with Crippen molar-refractivity contribution in [2.75, 3.05) is 18.0 Å². The molecule has 138 valence electrons. The van der Waals surface area contributed by atoms with E-state index in [4.69, 9.17) is 4.74 Å². The van der Waals surface area contributed by atoms with Crippen LogP contribution in [0.2, 0.25) is 0 Å². The number of nitrogens with zero attached hydrogens (tertiary/aromatic N) is 2. The summed E-state index contributed by atoms with van der Waals surface area (Å²) < 4.78 is 5.29. The van der Waals surface area contributed by atoms with Gasteiger partial charge in [-0.05, 0) is 27.2 Å². The van der Waals surface area contributed by atoms with Crippen LogP contribution in [-0.2, 0) is 4.74 Å². The minimum Gasteiger partial charge on any atom is -0.444 e. The van der Waals surface area contributed by atoms with E-state index in [9.17, 15) is 9.59 Å². The number of benzene rings is 1. The van der Waals surface area contributed by atoms with Gasteiger partial charge >= 0.3 is 6.09 Å². The quantitative estimate of drug-likeness (QED) is 0.882. The molecule has 0 spiro atoms. The summed E-state index contributed by atoms with van der Waals surface area (Å²) in [7, 11) is 0. The molecule has 0 unspecified atom stereocenters. The Kier molecular flexibility index (Phi) is 4.97. The van der Waals surface area contributed by atoms with Crippen LogP contribution in [0.3, 0.4) is 0 Å². The fourth-order valence-corrected chi connectivity index (χ4v) is 2.90. The van der Waals surface area contributed by atoms with Crippen molar-refractivity contribution in [3.05, 3.63) is 46.8 Å². The van der Waals surface area contributed by atoms with Gasteiger partial charge in [0.15, 0.2) is 0 Å². The average Bonchev–Trinajstić information content (AvgIpc) is 3.01. The molecule has 1 saturated heterocycles. The standard InChI is InChI=1S/C19H24N4O3/c1-19(2,3)26-18(25)20-14-9-10-23(12-14)17-21-15(11-16(24)22-17)13-7-5-4-6-8-13/h4-8,11,14H,9-10,12H2,1-3H3,(H,20,25)(H,21,22,24)/t14-/m0/s1. The van der Waals surface area contributed by atoms with Gasteiger partial charge in [0.05, 0.1) is 11.7 Å². The molecular formula is C19H24N4O3. The van der Waals surface area contributed by atoms with E-state index in [1.807, 2.05) is 56.0 Å². The molecule has 7 heteroatoms. The Hall–Kier alpha value is -2.83. The van der Waals surface area contributed by atoms with Gasteiger partial charge in [0.1, 0.15) is 5.60 Å². The van der Waals surface area contributed by atoms with Crippen LogP contribution in [0, 0.1) is 0 Å². The van der Waals surface area contributed by atoms with Gasteiger partial charge in [0, 0.05) is 24.7 Å². The van der Waals surface area contributed by atoms with Crippen molar-refractivity contribution < 1.29 is 9.53 Å². The number of nitrogens with one attached hydrogen (secondary N) is 2. The molecule has 26 heavy (non-hydrogen) atoms. The van der Waals surface area contributed by atoms with Gasteiger partial charge in [0.2, 0.25) is 5.95 Å². The van der Waals surface area contributed by atoms with Gasteiger partial charge in [0.25, 0.3) is 5.56 Å². The Morgan fingerprint density at radius 2 is 2.04 bits per heavy atom. The van der Waals surface area contributed by atoms with E-state index >= 15 is 0 Å². The summed E-state index contributed by atoms with van der Waals surface area (Å²) in [5, 5.41) is 2.87. The summed E-state index contributed by atoms with van der Waals surface area (Å²) in [5.74, 6) is 0.518. The monoisotopic (exact) mass is 356 g/mol. The van der Waals surface area contributed by atoms with Crippen LogP contribution in [0.1, 0.15) is 27.2 Å². The number of hydrogen-bond donors (Lipinski definition) is 2. The summed E-state index contributed by atoms with van der Waals surface area (Å²) in [5.41, 5.74) is 0.798. The molecule has 7 nitrogen and oxygen atoms in total. The molecule has 1 fully saturated rings. The fourth-order valence-electron chi connectivity index (χ4n) is 2.90. The van der Waals surface area contributed by atoms with E-state index in [2.05, 4.69) is 15.3 Å². The van der Waals surface area contributed by atoms with Crippen LogP contribution in [0.4, 0.5) is 10.7 Å². The molecule has 2 aromatic rings. The summed E-state index contributed by atoms with van der Waals surface area (Å²) in [4.78, 5) is 33.3. The first-order chi connectivity index (χ1) is 12.3. The molecule has 2 N–H and O–H groups in total. The number of ether oxygens (including phenoxy) is 1. The predicted octanol–water partition coefficient (Wildman–Crippen LogP) is 2.54. The molecule has 1 aliphatic rings. The highest BCUT2D eigenvalue weighted by Crippen LogP contribution is 2.20. The van der Waals surface area contributed by atoms with E-state index in [0.29, 0.717) is 24.7 Å². The van der Waals surface area contributed by atoms with E-state index in [0.717, 1.165) is 12.0 Å². The number of H-pyrrole nitrogens is 1. The maximum atomic E-state index is 12.0. The van der Waals surface area contributed by atoms with Crippen molar-refractivity contribution in [3.8, 4) is 11.3 Å². The maximum Gasteiger partial charge on any atom is 0.407 e. The normalized spacial score (nSPS) is 17.2. The third kappa shape index (κ3) is 4.62. The van der Waals surface area contributed by atoms with E-state index in [1.165, 1.54) is 6.07 Å². The fraction of sp³-hybridized carbons (Fsp3) is 0.421. The minimum atomic E-state index is -0.529. The molecule has 3 rings (SSSR count). The van der Waals surface area contributed by atoms with Crippen molar-refractivity contribution in [1.82, 2.24) is 15.3 Å². The first-order valence-electron chi connectivity index (χ1n) is 8.71. The van der Waals surface area contributed by atoms with Gasteiger partial charge in [-0.25, -0.2) is 9.78 Å². The molecule has 2 heterocycles. The number of carbonyl (C=O) groups excluding carboxylic acids is 1.